The van der Waals surface area contributed by atoms with Crippen molar-refractivity contribution in [3.8, 4) is 5.75 Å². The Bertz CT molecular complexity index is 899. The van der Waals surface area contributed by atoms with Crippen LogP contribution in [0.3, 0.4) is 0 Å². The van der Waals surface area contributed by atoms with Crippen LogP contribution in [0.15, 0.2) is 73.1 Å². The minimum atomic E-state index is -1.56. The predicted molar refractivity (Wildman–Crippen MR) is 114 cm³/mol. The molecule has 4 nitrogen and oxygen atoms in total. The van der Waals surface area contributed by atoms with Crippen molar-refractivity contribution in [2.75, 3.05) is 6.61 Å². The van der Waals surface area contributed by atoms with E-state index in [-0.39, 0.29) is 0 Å². The zero-order valence-corrected chi connectivity index (χ0v) is 16.2. The molecule has 0 bridgehead atoms. The summed E-state index contributed by atoms with van der Waals surface area (Å²) >= 11 is 0. The van der Waals surface area contributed by atoms with E-state index in [1.807, 2.05) is 55.6 Å². The molecule has 0 saturated carbocycles. The summed E-state index contributed by atoms with van der Waals surface area (Å²) in [5.74, 6) is 0.618. The molecule has 0 fully saturated rings. The van der Waals surface area contributed by atoms with Crippen LogP contribution in [-0.4, -0.2) is 28.8 Å². The van der Waals surface area contributed by atoms with E-state index < -0.39 is 7.12 Å². The van der Waals surface area contributed by atoms with Gasteiger partial charge >= 0.3 is 7.12 Å². The summed E-state index contributed by atoms with van der Waals surface area (Å²) in [6.07, 6.45) is 4.37. The molecule has 0 aliphatic carbocycles. The summed E-state index contributed by atoms with van der Waals surface area (Å²) in [6, 6.07) is 19.6. The van der Waals surface area contributed by atoms with Crippen LogP contribution in [0, 0.1) is 0 Å². The van der Waals surface area contributed by atoms with E-state index in [2.05, 4.69) is 24.0 Å². The normalized spacial score (nSPS) is 11.7. The molecule has 0 unspecified atom stereocenters. The van der Waals surface area contributed by atoms with Crippen LogP contribution in [0.5, 0.6) is 5.75 Å². The summed E-state index contributed by atoms with van der Waals surface area (Å²) in [4.78, 5) is 4.30. The lowest BCUT2D eigenvalue weighted by molar-refractivity contribution is 0.340. The zero-order chi connectivity index (χ0) is 19.9. The number of ether oxygens (including phenoxy) is 1. The minimum Gasteiger partial charge on any atom is -0.494 e. The van der Waals surface area contributed by atoms with Crippen molar-refractivity contribution in [3.05, 3.63) is 89.7 Å². The first-order valence-electron chi connectivity index (χ1n) is 9.47. The Morgan fingerprint density at radius 3 is 2.29 bits per heavy atom. The number of benzene rings is 2. The van der Waals surface area contributed by atoms with Gasteiger partial charge in [0.15, 0.2) is 0 Å². The Labute approximate surface area is 166 Å². The number of hydrogen-bond donors (Lipinski definition) is 2. The molecule has 0 saturated heterocycles. The third-order valence-corrected chi connectivity index (χ3v) is 4.55. The first kappa shape index (κ1) is 19.9. The molecular formula is C23H24BNO3. The van der Waals surface area contributed by atoms with Gasteiger partial charge < -0.3 is 14.8 Å². The highest BCUT2D eigenvalue weighted by Gasteiger charge is 2.18. The zero-order valence-electron chi connectivity index (χ0n) is 16.2. The van der Waals surface area contributed by atoms with Gasteiger partial charge in [0, 0.05) is 18.0 Å². The molecule has 2 N–H and O–H groups in total. The second-order valence-corrected chi connectivity index (χ2v) is 6.41. The number of nitrogens with zero attached hydrogens (tertiary/aromatic N) is 1. The maximum atomic E-state index is 9.74. The summed E-state index contributed by atoms with van der Waals surface area (Å²) in [6.45, 7) is 4.50. The molecule has 142 valence electrons. The molecule has 1 aromatic heterocycles. The molecule has 0 spiro atoms. The third-order valence-electron chi connectivity index (χ3n) is 4.55. The van der Waals surface area contributed by atoms with Crippen LogP contribution in [0.25, 0.3) is 11.1 Å². The van der Waals surface area contributed by atoms with E-state index in [0.717, 1.165) is 34.3 Å². The second kappa shape index (κ2) is 9.35. The van der Waals surface area contributed by atoms with E-state index in [1.54, 1.807) is 12.3 Å². The topological polar surface area (TPSA) is 62.6 Å². The smallest absolute Gasteiger partial charge is 0.488 e. The fourth-order valence-corrected chi connectivity index (χ4v) is 3.35. The fraction of sp³-hybridized carbons (Fsp3) is 0.174. The number of allylic oxidation sites excluding steroid dienone is 1. The van der Waals surface area contributed by atoms with Crippen LogP contribution in [-0.2, 0) is 0 Å². The van der Waals surface area contributed by atoms with Crippen LogP contribution < -0.4 is 10.2 Å². The highest BCUT2D eigenvalue weighted by atomic mass is 16.5. The van der Waals surface area contributed by atoms with Gasteiger partial charge in [-0.2, -0.15) is 0 Å². The van der Waals surface area contributed by atoms with Crippen LogP contribution in [0.4, 0.5) is 0 Å². The number of pyridine rings is 1. The highest BCUT2D eigenvalue weighted by molar-refractivity contribution is 6.58. The molecule has 3 rings (SSSR count). The maximum absolute atomic E-state index is 9.74. The van der Waals surface area contributed by atoms with Crippen molar-refractivity contribution >= 4 is 23.7 Å². The Kier molecular flexibility index (Phi) is 6.64. The number of aromatic nitrogens is 1. The third kappa shape index (κ3) is 4.50. The summed E-state index contributed by atoms with van der Waals surface area (Å²) in [5, 5.41) is 19.5. The standard InChI is InChI=1S/C23H24BNO3/c1-3-22(19-13-20(24(26)27)15-21(14-19)28-4-2)23(17-9-6-5-7-10-17)18-11-8-12-25-16-18/h5-16,26-27H,3-4H2,1-2H3/b23-22+. The average Bonchev–Trinajstić information content (AvgIpc) is 2.73. The molecule has 0 amide bonds. The molecular weight excluding hydrogens is 349 g/mol. The van der Waals surface area contributed by atoms with Gasteiger partial charge in [-0.3, -0.25) is 4.98 Å². The molecule has 0 aliphatic rings. The lowest BCUT2D eigenvalue weighted by atomic mass is 9.78. The first-order valence-corrected chi connectivity index (χ1v) is 9.47. The molecule has 0 atom stereocenters. The summed E-state index contributed by atoms with van der Waals surface area (Å²) < 4.78 is 5.67. The Hall–Kier alpha value is -2.89. The average molecular weight is 373 g/mol. The van der Waals surface area contributed by atoms with Crippen LogP contribution in [0.2, 0.25) is 0 Å². The van der Waals surface area contributed by atoms with Gasteiger partial charge in [0.2, 0.25) is 0 Å². The van der Waals surface area contributed by atoms with Gasteiger partial charge in [-0.1, -0.05) is 49.4 Å². The lowest BCUT2D eigenvalue weighted by Gasteiger charge is -2.18. The van der Waals surface area contributed by atoms with Gasteiger partial charge in [-0.05, 0) is 59.3 Å². The van der Waals surface area contributed by atoms with Crippen LogP contribution in [0.1, 0.15) is 37.0 Å². The summed E-state index contributed by atoms with van der Waals surface area (Å²) in [5.41, 5.74) is 5.56. The Morgan fingerprint density at radius 2 is 1.68 bits per heavy atom. The summed E-state index contributed by atoms with van der Waals surface area (Å²) in [7, 11) is -1.56. The van der Waals surface area contributed by atoms with Gasteiger partial charge in [0.25, 0.3) is 0 Å². The van der Waals surface area contributed by atoms with Gasteiger partial charge in [-0.15, -0.1) is 0 Å². The fourth-order valence-electron chi connectivity index (χ4n) is 3.35. The SMILES string of the molecule is CCOc1cc(B(O)O)cc(/C(CC)=C(\c2ccccc2)c2cccnc2)c1. The minimum absolute atomic E-state index is 0.408. The number of rotatable bonds is 7. The van der Waals surface area contributed by atoms with Crippen molar-refractivity contribution in [3.63, 3.8) is 0 Å². The quantitative estimate of drug-likeness (QED) is 0.491. The van der Waals surface area contributed by atoms with E-state index in [4.69, 9.17) is 4.74 Å². The van der Waals surface area contributed by atoms with Crippen molar-refractivity contribution in [2.24, 2.45) is 0 Å². The van der Waals surface area contributed by atoms with Crippen molar-refractivity contribution in [2.45, 2.75) is 20.3 Å². The Balaban J connectivity index is 2.28. The van der Waals surface area contributed by atoms with Gasteiger partial charge in [0.05, 0.1) is 6.61 Å². The molecule has 1 heterocycles. The van der Waals surface area contributed by atoms with Crippen LogP contribution >= 0.6 is 0 Å². The predicted octanol–water partition coefficient (Wildman–Crippen LogP) is 3.53. The van der Waals surface area contributed by atoms with E-state index in [1.165, 1.54) is 0 Å². The molecule has 28 heavy (non-hydrogen) atoms. The monoisotopic (exact) mass is 373 g/mol. The molecule has 0 aliphatic heterocycles. The van der Waals surface area contributed by atoms with Crippen molar-refractivity contribution in [1.82, 2.24) is 4.98 Å². The van der Waals surface area contributed by atoms with Gasteiger partial charge in [-0.25, -0.2) is 0 Å². The van der Waals surface area contributed by atoms with Crippen molar-refractivity contribution in [1.29, 1.82) is 0 Å². The van der Waals surface area contributed by atoms with Crippen molar-refractivity contribution < 1.29 is 14.8 Å². The lowest BCUT2D eigenvalue weighted by Crippen LogP contribution is -2.30. The molecule has 3 aromatic rings. The highest BCUT2D eigenvalue weighted by Crippen LogP contribution is 2.34. The van der Waals surface area contributed by atoms with E-state index >= 15 is 0 Å². The largest absolute Gasteiger partial charge is 0.494 e. The number of hydrogen-bond acceptors (Lipinski definition) is 4. The first-order chi connectivity index (χ1) is 13.6. The van der Waals surface area contributed by atoms with E-state index in [0.29, 0.717) is 17.8 Å². The maximum Gasteiger partial charge on any atom is 0.488 e. The molecule has 2 aromatic carbocycles. The molecule has 5 heteroatoms. The molecule has 0 radical (unpaired) electrons. The van der Waals surface area contributed by atoms with Gasteiger partial charge in [0.1, 0.15) is 5.75 Å². The Morgan fingerprint density at radius 1 is 0.929 bits per heavy atom. The second-order valence-electron chi connectivity index (χ2n) is 6.41. The van der Waals surface area contributed by atoms with E-state index in [9.17, 15) is 10.0 Å².